The van der Waals surface area contributed by atoms with Gasteiger partial charge in [0.15, 0.2) is 0 Å². The Balaban J connectivity index is 0.000000307. The largest absolute Gasteiger partial charge is 0.501 e. The number of imidazole rings is 1. The van der Waals surface area contributed by atoms with E-state index in [1.54, 1.807) is 0 Å². The molecule has 12 aromatic rings. The van der Waals surface area contributed by atoms with Crippen LogP contribution in [0.4, 0.5) is 0 Å². The van der Waals surface area contributed by atoms with Gasteiger partial charge in [0.25, 0.3) is 0 Å². The van der Waals surface area contributed by atoms with E-state index in [0.29, 0.717) is 5.58 Å². The zero-order valence-corrected chi connectivity index (χ0v) is 45.9. The molecule has 72 heavy (non-hydrogen) atoms. The summed E-state index contributed by atoms with van der Waals surface area (Å²) in [4.78, 5) is 10.0. The maximum absolute atomic E-state index is 9.33. The van der Waals surface area contributed by atoms with Crippen LogP contribution in [0, 0.1) is 12.1 Å². The Labute approximate surface area is 439 Å². The molecule has 0 N–H and O–H groups in total. The van der Waals surface area contributed by atoms with Crippen molar-refractivity contribution in [3.05, 3.63) is 205 Å². The van der Waals surface area contributed by atoms with Crippen molar-refractivity contribution in [3.8, 4) is 39.5 Å². The van der Waals surface area contributed by atoms with Gasteiger partial charge in [-0.2, -0.15) is 0 Å². The van der Waals surface area contributed by atoms with Crippen LogP contribution < -0.4 is 5.19 Å². The van der Waals surface area contributed by atoms with Crippen LogP contribution in [-0.4, -0.2) is 22.6 Å². The molecule has 0 unspecified atom stereocenters. The topological polar surface area (TPSA) is 43.9 Å². The quantitative estimate of drug-likeness (QED) is 0.0865. The third kappa shape index (κ3) is 8.80. The summed E-state index contributed by atoms with van der Waals surface area (Å²) < 4.78 is 18.8. The number of hydrogen-bond donors (Lipinski definition) is 0. The first kappa shape index (κ1) is 47.4. The molecular weight excluding hydrogens is 1070 g/mol. The second-order valence-corrected chi connectivity index (χ2v) is 25.9. The van der Waals surface area contributed by atoms with E-state index in [1.807, 2.05) is 50.4 Å². The number of pyridine rings is 1. The minimum Gasteiger partial charge on any atom is -0.501 e. The molecule has 0 amide bonds. The van der Waals surface area contributed by atoms with Crippen molar-refractivity contribution in [1.82, 2.24) is 14.5 Å². The molecule has 0 aliphatic heterocycles. The van der Waals surface area contributed by atoms with Gasteiger partial charge >= 0.3 is 0 Å². The van der Waals surface area contributed by atoms with E-state index in [4.69, 9.17) is 9.40 Å². The number of aromatic nitrogens is 3. The van der Waals surface area contributed by atoms with Gasteiger partial charge < -0.3 is 14.0 Å². The van der Waals surface area contributed by atoms with Crippen LogP contribution in [0.1, 0.15) is 77.3 Å². The van der Waals surface area contributed by atoms with Crippen molar-refractivity contribution >= 4 is 78.5 Å². The summed E-state index contributed by atoms with van der Waals surface area (Å²) in [6, 6.07) is 66.9. The number of fused-ring (bicyclic) bond motifs is 9. The Morgan fingerprint density at radius 2 is 1.25 bits per heavy atom. The number of hydrogen-bond acceptors (Lipinski definition) is 3. The summed E-state index contributed by atoms with van der Waals surface area (Å²) >= 11 is 0. The van der Waals surface area contributed by atoms with Gasteiger partial charge in [0.05, 0.1) is 30.5 Å². The first-order valence-electron chi connectivity index (χ1n) is 25.4. The molecule has 3 heterocycles. The van der Waals surface area contributed by atoms with Crippen molar-refractivity contribution in [2.45, 2.75) is 78.9 Å². The van der Waals surface area contributed by atoms with E-state index in [2.05, 4.69) is 209 Å². The normalized spacial score (nSPS) is 12.3. The van der Waals surface area contributed by atoms with E-state index in [1.165, 1.54) is 38.2 Å². The minimum atomic E-state index is -1.23. The number of benzene rings is 9. The molecule has 0 bridgehead atoms. The van der Waals surface area contributed by atoms with E-state index >= 15 is 0 Å². The number of furan rings is 1. The maximum atomic E-state index is 9.33. The van der Waals surface area contributed by atoms with Gasteiger partial charge in [-0.1, -0.05) is 187 Å². The van der Waals surface area contributed by atoms with Crippen molar-refractivity contribution < 1.29 is 25.9 Å². The zero-order chi connectivity index (χ0) is 50.1. The predicted octanol–water partition coefficient (Wildman–Crippen LogP) is 18.0. The standard InChI is InChI=1S/C52H43N2O.C14H16NSi.Ir/c1-30(2)38-23-24-41(51-48(38)45-26-36-21-20-34-16-10-12-18-39(34)44(36)29-47(45)55-51)52-53-46-25-22-35-17-11-13-19-40(35)50(46)54(52)49-42(31(3)4)27-37(28-43(49)32(5)6)33-14-8-7-9-15-33;1-16(2,3)13-9-10-14(15-11-13)12-7-5-4-6-8-12;/h7-23,25-32H,1-6H3;4-7,9-11H,1-3H3;/q2*-1;/i30D;;. The van der Waals surface area contributed by atoms with E-state index in [-0.39, 0.29) is 31.9 Å². The molecule has 6 heteroatoms. The molecule has 0 spiro atoms. The van der Waals surface area contributed by atoms with E-state index in [9.17, 15) is 1.37 Å². The molecular formula is C66H59IrN3OSi-2. The van der Waals surface area contributed by atoms with Gasteiger partial charge in [-0.05, 0) is 102 Å². The Morgan fingerprint density at radius 1 is 0.597 bits per heavy atom. The fraction of sp³-hybridized carbons (Fsp3) is 0.182. The summed E-state index contributed by atoms with van der Waals surface area (Å²) in [6.45, 7) is 20.0. The molecule has 4 nitrogen and oxygen atoms in total. The van der Waals surface area contributed by atoms with Gasteiger partial charge in [0, 0.05) is 44.1 Å². The molecule has 0 saturated carbocycles. The van der Waals surface area contributed by atoms with Crippen LogP contribution in [0.5, 0.6) is 0 Å². The van der Waals surface area contributed by atoms with Crippen LogP contribution in [0.25, 0.3) is 105 Å². The minimum absolute atomic E-state index is 0. The Morgan fingerprint density at radius 3 is 1.90 bits per heavy atom. The van der Waals surface area contributed by atoms with Gasteiger partial charge in [0.2, 0.25) is 0 Å². The van der Waals surface area contributed by atoms with Crippen LogP contribution in [0.3, 0.4) is 0 Å². The van der Waals surface area contributed by atoms with Crippen molar-refractivity contribution in [2.24, 2.45) is 0 Å². The van der Waals surface area contributed by atoms with Gasteiger partial charge in [-0.3, -0.25) is 4.98 Å². The summed E-state index contributed by atoms with van der Waals surface area (Å²) in [6.07, 6.45) is 2.02. The Hall–Kier alpha value is -6.95. The van der Waals surface area contributed by atoms with Crippen LogP contribution >= 0.6 is 0 Å². The molecule has 0 saturated heterocycles. The van der Waals surface area contributed by atoms with Crippen molar-refractivity contribution in [3.63, 3.8) is 0 Å². The molecule has 12 rings (SSSR count). The number of rotatable bonds is 8. The fourth-order valence-electron chi connectivity index (χ4n) is 10.3. The molecule has 1 radical (unpaired) electrons. The first-order chi connectivity index (χ1) is 34.6. The summed E-state index contributed by atoms with van der Waals surface area (Å²) in [5.41, 5.74) is 13.3. The Kier molecular flexibility index (Phi) is 12.9. The van der Waals surface area contributed by atoms with E-state index < -0.39 is 14.0 Å². The van der Waals surface area contributed by atoms with E-state index in [0.717, 1.165) is 82.8 Å². The van der Waals surface area contributed by atoms with Gasteiger partial charge in [-0.25, -0.2) is 0 Å². The maximum Gasteiger partial charge on any atom is 0.121 e. The molecule has 0 aliphatic rings. The summed E-state index contributed by atoms with van der Waals surface area (Å²) in [5.74, 6) is 0.313. The predicted molar refractivity (Wildman–Crippen MR) is 304 cm³/mol. The summed E-state index contributed by atoms with van der Waals surface area (Å²) in [7, 11) is -1.23. The van der Waals surface area contributed by atoms with Crippen molar-refractivity contribution in [2.75, 3.05) is 0 Å². The first-order valence-corrected chi connectivity index (χ1v) is 28.4. The average molecular weight is 1130 g/mol. The van der Waals surface area contributed by atoms with Crippen LogP contribution in [0.15, 0.2) is 180 Å². The van der Waals surface area contributed by atoms with Crippen LogP contribution in [0.2, 0.25) is 19.6 Å². The third-order valence-corrected chi connectivity index (χ3v) is 16.1. The molecule has 359 valence electrons. The van der Waals surface area contributed by atoms with Gasteiger partial charge in [0.1, 0.15) is 5.58 Å². The fourth-order valence-corrected chi connectivity index (χ4v) is 11.3. The smallest absolute Gasteiger partial charge is 0.121 e. The Bertz CT molecular complexity index is 3970. The second-order valence-electron chi connectivity index (χ2n) is 20.8. The second kappa shape index (κ2) is 19.6. The number of nitrogens with zero attached hydrogens (tertiary/aromatic N) is 3. The molecule has 9 aromatic carbocycles. The van der Waals surface area contributed by atoms with Crippen molar-refractivity contribution in [1.29, 1.82) is 0 Å². The SMILES string of the molecule is C[Si](C)(C)c1ccc(-c2[c-]cccc2)nc1.[2H]C(C)(C)c1c[c-]c(-c2nc3ccc4ccccc4c3n2-c2c(C(C)C)cc(-c3ccccc3)cc2C(C)C)c2oc3cc4c(ccc5ccccc54)cc3c12.[Ir]. The summed E-state index contributed by atoms with van der Waals surface area (Å²) in [5, 5.41) is 10.3. The molecule has 0 aliphatic carbocycles. The monoisotopic (exact) mass is 1130 g/mol. The molecule has 0 fully saturated rings. The third-order valence-electron chi connectivity index (χ3n) is 14.1. The average Bonchev–Trinajstić information content (AvgIpc) is 3.96. The van der Waals surface area contributed by atoms with Crippen LogP contribution in [-0.2, 0) is 20.1 Å². The van der Waals surface area contributed by atoms with Gasteiger partial charge in [-0.15, -0.1) is 53.6 Å². The zero-order valence-electron chi connectivity index (χ0n) is 43.5. The molecule has 0 atom stereocenters. The molecule has 3 aromatic heterocycles.